The molecule has 30 heavy (non-hydrogen) atoms. The highest BCUT2D eigenvalue weighted by Gasteiger charge is 2.24. The van der Waals surface area contributed by atoms with Crippen LogP contribution in [0.5, 0.6) is 5.75 Å². The maximum atomic E-state index is 9.53. The van der Waals surface area contributed by atoms with Crippen LogP contribution in [0.3, 0.4) is 0 Å². The molecule has 1 saturated heterocycles. The quantitative estimate of drug-likeness (QED) is 0.643. The maximum Gasteiger partial charge on any atom is 0.232 e. The maximum absolute atomic E-state index is 9.53. The molecule has 1 aliphatic rings. The van der Waals surface area contributed by atoms with Gasteiger partial charge in [-0.25, -0.2) is 0 Å². The van der Waals surface area contributed by atoms with Crippen LogP contribution in [-0.2, 0) is 4.74 Å². The number of hydrogen-bond donors (Lipinski definition) is 1. The minimum atomic E-state index is 0.135. The Balaban J connectivity index is 1.54. The monoisotopic (exact) mass is 404 g/mol. The number of nitrogens with zero attached hydrogens (tertiary/aromatic N) is 3. The summed E-state index contributed by atoms with van der Waals surface area (Å²) in [7, 11) is 1.62. The predicted molar refractivity (Wildman–Crippen MR) is 113 cm³/mol. The molecule has 7 nitrogen and oxygen atoms in total. The Labute approximate surface area is 175 Å². The predicted octanol–water partition coefficient (Wildman–Crippen LogP) is 3.71. The average Bonchev–Trinajstić information content (AvgIpc) is 3.24. The fourth-order valence-electron chi connectivity index (χ4n) is 3.58. The number of methoxy groups -OCH3 is 1. The first-order valence-electron chi connectivity index (χ1n) is 9.94. The molecule has 0 radical (unpaired) electrons. The van der Waals surface area contributed by atoms with Gasteiger partial charge >= 0.3 is 0 Å². The number of benzene rings is 2. The van der Waals surface area contributed by atoms with Crippen LogP contribution in [0.4, 0.5) is 5.88 Å². The first-order chi connectivity index (χ1) is 14.8. The average molecular weight is 404 g/mol. The summed E-state index contributed by atoms with van der Waals surface area (Å²) >= 11 is 0. The third-order valence-corrected chi connectivity index (χ3v) is 5.20. The molecule has 0 bridgehead atoms. The van der Waals surface area contributed by atoms with Crippen molar-refractivity contribution in [2.75, 3.05) is 45.3 Å². The van der Waals surface area contributed by atoms with Crippen LogP contribution in [-0.4, -0.2) is 49.8 Å². The second-order valence-electron chi connectivity index (χ2n) is 6.99. The number of rotatable bonds is 7. The Hall–Kier alpha value is -3.34. The summed E-state index contributed by atoms with van der Waals surface area (Å²) in [5, 5.41) is 12.8. The minimum Gasteiger partial charge on any atom is -0.497 e. The largest absolute Gasteiger partial charge is 0.497 e. The summed E-state index contributed by atoms with van der Waals surface area (Å²) < 4.78 is 16.6. The van der Waals surface area contributed by atoms with Crippen molar-refractivity contribution in [1.82, 2.24) is 9.88 Å². The van der Waals surface area contributed by atoms with Crippen molar-refractivity contribution in [2.45, 2.75) is 6.04 Å². The highest BCUT2D eigenvalue weighted by molar-refractivity contribution is 5.59. The van der Waals surface area contributed by atoms with E-state index in [1.165, 1.54) is 5.56 Å². The zero-order valence-electron chi connectivity index (χ0n) is 16.9. The van der Waals surface area contributed by atoms with Gasteiger partial charge in [0.2, 0.25) is 17.5 Å². The van der Waals surface area contributed by atoms with Crippen LogP contribution < -0.4 is 10.1 Å². The summed E-state index contributed by atoms with van der Waals surface area (Å²) in [5.41, 5.74) is 2.24. The van der Waals surface area contributed by atoms with E-state index < -0.39 is 0 Å². The molecule has 1 aromatic heterocycles. The standard InChI is InChI=1S/C23H24N4O3/c1-28-19-9-7-18(8-10-19)22-26-20(15-24)23(30-22)25-16-21(17-5-3-2-4-6-17)27-11-13-29-14-12-27/h2-10,21,25H,11-14,16H2,1H3/t21-/m0/s1. The number of nitriles is 1. The first-order valence-corrected chi connectivity index (χ1v) is 9.94. The van der Waals surface area contributed by atoms with Gasteiger partial charge in [-0.05, 0) is 29.8 Å². The lowest BCUT2D eigenvalue weighted by atomic mass is 10.0. The van der Waals surface area contributed by atoms with E-state index in [2.05, 4.69) is 33.4 Å². The van der Waals surface area contributed by atoms with Crippen molar-refractivity contribution in [2.24, 2.45) is 0 Å². The summed E-state index contributed by atoms with van der Waals surface area (Å²) in [5.74, 6) is 1.54. The fraction of sp³-hybridized carbons (Fsp3) is 0.304. The molecule has 0 saturated carbocycles. The van der Waals surface area contributed by atoms with E-state index >= 15 is 0 Å². The van der Waals surface area contributed by atoms with Gasteiger partial charge < -0.3 is 19.2 Å². The summed E-state index contributed by atoms with van der Waals surface area (Å²) in [6.45, 7) is 3.75. The molecule has 7 heteroatoms. The molecule has 2 heterocycles. The lowest BCUT2D eigenvalue weighted by Gasteiger charge is -2.34. The van der Waals surface area contributed by atoms with Gasteiger partial charge in [-0.3, -0.25) is 4.90 Å². The Kier molecular flexibility index (Phi) is 6.28. The molecule has 154 valence electrons. The molecule has 1 atom stereocenters. The third-order valence-electron chi connectivity index (χ3n) is 5.20. The number of oxazole rings is 1. The lowest BCUT2D eigenvalue weighted by molar-refractivity contribution is 0.0186. The van der Waals surface area contributed by atoms with E-state index in [-0.39, 0.29) is 11.7 Å². The van der Waals surface area contributed by atoms with Gasteiger partial charge in [0.15, 0.2) is 0 Å². The topological polar surface area (TPSA) is 83.5 Å². The smallest absolute Gasteiger partial charge is 0.232 e. The zero-order chi connectivity index (χ0) is 20.8. The van der Waals surface area contributed by atoms with Crippen LogP contribution in [0.15, 0.2) is 59.0 Å². The summed E-state index contributed by atoms with van der Waals surface area (Å²) in [4.78, 5) is 6.74. The van der Waals surface area contributed by atoms with E-state index in [4.69, 9.17) is 13.9 Å². The Morgan fingerprint density at radius 3 is 2.53 bits per heavy atom. The van der Waals surface area contributed by atoms with Gasteiger partial charge in [0.1, 0.15) is 11.8 Å². The molecule has 1 aliphatic heterocycles. The number of nitrogens with one attached hydrogen (secondary N) is 1. The van der Waals surface area contributed by atoms with Crippen molar-refractivity contribution in [3.05, 3.63) is 65.9 Å². The van der Waals surface area contributed by atoms with E-state index in [1.54, 1.807) is 7.11 Å². The molecule has 0 aliphatic carbocycles. The highest BCUT2D eigenvalue weighted by Crippen LogP contribution is 2.28. The van der Waals surface area contributed by atoms with Crippen LogP contribution in [0, 0.1) is 11.3 Å². The van der Waals surface area contributed by atoms with Crippen molar-refractivity contribution >= 4 is 5.88 Å². The molecule has 1 fully saturated rings. The number of ether oxygens (including phenoxy) is 2. The normalized spacial score (nSPS) is 15.3. The molecule has 2 aromatic carbocycles. The summed E-state index contributed by atoms with van der Waals surface area (Å²) in [6, 6.07) is 20.0. The molecule has 3 aromatic rings. The molecular weight excluding hydrogens is 380 g/mol. The first kappa shape index (κ1) is 20.0. The lowest BCUT2D eigenvalue weighted by Crippen LogP contribution is -2.41. The molecule has 0 spiro atoms. The van der Waals surface area contributed by atoms with Crippen molar-refractivity contribution in [3.8, 4) is 23.3 Å². The van der Waals surface area contributed by atoms with E-state index in [1.807, 2.05) is 42.5 Å². The van der Waals surface area contributed by atoms with E-state index in [0.717, 1.165) is 37.6 Å². The third kappa shape index (κ3) is 4.46. The summed E-state index contributed by atoms with van der Waals surface area (Å²) in [6.07, 6.45) is 0. The van der Waals surface area contributed by atoms with Crippen molar-refractivity contribution < 1.29 is 13.9 Å². The van der Waals surface area contributed by atoms with Gasteiger partial charge in [0, 0.05) is 25.2 Å². The van der Waals surface area contributed by atoms with Crippen molar-refractivity contribution in [1.29, 1.82) is 5.26 Å². The fourth-order valence-corrected chi connectivity index (χ4v) is 3.58. The number of morpholine rings is 1. The molecule has 0 amide bonds. The van der Waals surface area contributed by atoms with Gasteiger partial charge in [-0.2, -0.15) is 10.2 Å². The Morgan fingerprint density at radius 1 is 1.13 bits per heavy atom. The van der Waals surface area contributed by atoms with Crippen molar-refractivity contribution in [3.63, 3.8) is 0 Å². The van der Waals surface area contributed by atoms with Gasteiger partial charge in [-0.15, -0.1) is 0 Å². The van der Waals surface area contributed by atoms with Gasteiger partial charge in [-0.1, -0.05) is 30.3 Å². The SMILES string of the molecule is COc1ccc(-c2nc(C#N)c(NC[C@@H](c3ccccc3)N3CCOCC3)o2)cc1. The zero-order valence-corrected chi connectivity index (χ0v) is 16.9. The molecular formula is C23H24N4O3. The van der Waals surface area contributed by atoms with E-state index in [0.29, 0.717) is 18.3 Å². The Morgan fingerprint density at radius 2 is 1.87 bits per heavy atom. The Bertz CT molecular complexity index is 990. The van der Waals surface area contributed by atoms with Gasteiger partial charge in [0.25, 0.3) is 0 Å². The van der Waals surface area contributed by atoms with Crippen LogP contribution in [0.25, 0.3) is 11.5 Å². The molecule has 0 unspecified atom stereocenters. The number of aromatic nitrogens is 1. The second kappa shape index (κ2) is 9.44. The van der Waals surface area contributed by atoms with E-state index in [9.17, 15) is 5.26 Å². The van der Waals surface area contributed by atoms with Crippen LogP contribution >= 0.6 is 0 Å². The number of hydrogen-bond acceptors (Lipinski definition) is 7. The minimum absolute atomic E-state index is 0.135. The van der Waals surface area contributed by atoms with Crippen LogP contribution in [0.1, 0.15) is 17.3 Å². The molecule has 4 rings (SSSR count). The van der Waals surface area contributed by atoms with Crippen LogP contribution in [0.2, 0.25) is 0 Å². The van der Waals surface area contributed by atoms with Gasteiger partial charge in [0.05, 0.1) is 26.4 Å². The number of anilines is 1. The molecule has 1 N–H and O–H groups in total. The highest BCUT2D eigenvalue weighted by atomic mass is 16.5. The second-order valence-corrected chi connectivity index (χ2v) is 6.99.